The maximum atomic E-state index is 10.7. The summed E-state index contributed by atoms with van der Waals surface area (Å²) in [5.74, 6) is 2.09. The summed E-state index contributed by atoms with van der Waals surface area (Å²) in [6, 6.07) is 7.91. The molecule has 0 spiro atoms. The van der Waals surface area contributed by atoms with E-state index in [4.69, 9.17) is 4.74 Å². The Labute approximate surface area is 130 Å². The Kier molecular flexibility index (Phi) is 4.39. The van der Waals surface area contributed by atoms with Gasteiger partial charge in [0.25, 0.3) is 5.84 Å². The minimum atomic E-state index is -0.825. The first-order valence-electron chi connectivity index (χ1n) is 6.89. The molecule has 0 aromatic heterocycles. The van der Waals surface area contributed by atoms with Crippen molar-refractivity contribution in [3.05, 3.63) is 24.3 Å². The molecule has 0 saturated carbocycles. The number of benzene rings is 1. The van der Waals surface area contributed by atoms with Gasteiger partial charge in [-0.2, -0.15) is 4.90 Å². The van der Waals surface area contributed by atoms with Gasteiger partial charge in [-0.3, -0.25) is 4.58 Å². The second-order valence-electron chi connectivity index (χ2n) is 5.55. The molecule has 4 nitrogen and oxygen atoms in total. The third-order valence-electron chi connectivity index (χ3n) is 4.00. The normalized spacial score (nSPS) is 25.2. The molecule has 2 aliphatic heterocycles. The van der Waals surface area contributed by atoms with Gasteiger partial charge in [-0.15, -0.1) is 0 Å². The standard InChI is InChI=1S/C15H21N2O2.BrH/c1-15(18)11-16-10-4-3-5-14(16)17(15)12-6-8-13(19-2)9-7-12;/h6-9,18H,3-5,10-11H2,1-2H3;1H/q+1;/p-1. The molecule has 2 aliphatic rings. The molecule has 1 atom stereocenters. The number of halogens is 1. The lowest BCUT2D eigenvalue weighted by molar-refractivity contribution is -0.536. The van der Waals surface area contributed by atoms with Crippen LogP contribution in [0.25, 0.3) is 0 Å². The summed E-state index contributed by atoms with van der Waals surface area (Å²) >= 11 is 0. The molecule has 0 fully saturated rings. The van der Waals surface area contributed by atoms with Crippen molar-refractivity contribution >= 4 is 11.5 Å². The molecule has 0 aliphatic carbocycles. The number of amidine groups is 1. The second kappa shape index (κ2) is 5.74. The van der Waals surface area contributed by atoms with Crippen LogP contribution in [-0.4, -0.2) is 41.4 Å². The predicted octanol–water partition coefficient (Wildman–Crippen LogP) is -1.18. The quantitative estimate of drug-likeness (QED) is 0.689. The third kappa shape index (κ3) is 2.56. The lowest BCUT2D eigenvalue weighted by Crippen LogP contribution is -3.00. The molecule has 110 valence electrons. The van der Waals surface area contributed by atoms with E-state index in [0.717, 1.165) is 24.4 Å². The average molecular weight is 341 g/mol. The molecular formula is C15H21BrN2O2. The van der Waals surface area contributed by atoms with Crippen molar-refractivity contribution in [2.24, 2.45) is 0 Å². The van der Waals surface area contributed by atoms with E-state index in [1.807, 2.05) is 31.2 Å². The third-order valence-corrected chi connectivity index (χ3v) is 4.00. The van der Waals surface area contributed by atoms with Gasteiger partial charge in [-0.25, -0.2) is 0 Å². The molecule has 0 saturated heterocycles. The highest BCUT2D eigenvalue weighted by molar-refractivity contribution is 5.96. The first-order chi connectivity index (χ1) is 9.12. The van der Waals surface area contributed by atoms with E-state index in [-0.39, 0.29) is 17.0 Å². The van der Waals surface area contributed by atoms with Crippen LogP contribution in [0.2, 0.25) is 0 Å². The van der Waals surface area contributed by atoms with Crippen LogP contribution in [0.3, 0.4) is 0 Å². The highest BCUT2D eigenvalue weighted by Crippen LogP contribution is 2.32. The molecule has 2 heterocycles. The fourth-order valence-corrected chi connectivity index (χ4v) is 3.17. The van der Waals surface area contributed by atoms with Crippen LogP contribution in [0, 0.1) is 0 Å². The Hall–Kier alpha value is -1.07. The lowest BCUT2D eigenvalue weighted by Gasteiger charge is -2.25. The van der Waals surface area contributed by atoms with E-state index in [1.165, 1.54) is 18.7 Å². The van der Waals surface area contributed by atoms with Crippen LogP contribution in [0.5, 0.6) is 5.75 Å². The fraction of sp³-hybridized carbons (Fsp3) is 0.533. The molecule has 1 N–H and O–H groups in total. The van der Waals surface area contributed by atoms with Crippen molar-refractivity contribution in [1.82, 2.24) is 0 Å². The van der Waals surface area contributed by atoms with Gasteiger partial charge in [0.15, 0.2) is 6.54 Å². The summed E-state index contributed by atoms with van der Waals surface area (Å²) < 4.78 is 7.51. The lowest BCUT2D eigenvalue weighted by atomic mass is 10.1. The summed E-state index contributed by atoms with van der Waals surface area (Å²) in [4.78, 5) is 2.08. The summed E-state index contributed by atoms with van der Waals surface area (Å²) in [5.41, 5.74) is 0.207. The van der Waals surface area contributed by atoms with Crippen LogP contribution in [0.1, 0.15) is 26.2 Å². The molecule has 1 aromatic carbocycles. The Morgan fingerprint density at radius 3 is 2.60 bits per heavy atom. The Morgan fingerprint density at radius 1 is 1.25 bits per heavy atom. The predicted molar refractivity (Wildman–Crippen MR) is 74.9 cm³/mol. The number of ether oxygens (including phenoxy) is 1. The molecule has 0 amide bonds. The van der Waals surface area contributed by atoms with Crippen molar-refractivity contribution in [3.8, 4) is 5.75 Å². The van der Waals surface area contributed by atoms with Gasteiger partial charge in [-0.05, 0) is 37.1 Å². The molecule has 1 unspecified atom stereocenters. The van der Waals surface area contributed by atoms with Crippen LogP contribution in [0.4, 0.5) is 5.69 Å². The van der Waals surface area contributed by atoms with Crippen molar-refractivity contribution in [1.29, 1.82) is 0 Å². The van der Waals surface area contributed by atoms with E-state index in [0.29, 0.717) is 6.54 Å². The number of rotatable bonds is 2. The van der Waals surface area contributed by atoms with E-state index in [1.54, 1.807) is 7.11 Å². The smallest absolute Gasteiger partial charge is 0.254 e. The first kappa shape index (κ1) is 15.3. The Bertz CT molecular complexity index is 511. The van der Waals surface area contributed by atoms with E-state index < -0.39 is 5.72 Å². The van der Waals surface area contributed by atoms with Gasteiger partial charge in [-0.1, -0.05) is 0 Å². The highest BCUT2D eigenvalue weighted by atomic mass is 79.9. The molecule has 0 bridgehead atoms. The Balaban J connectivity index is 0.00000147. The minimum Gasteiger partial charge on any atom is -1.00 e. The van der Waals surface area contributed by atoms with Crippen molar-refractivity contribution < 1.29 is 31.4 Å². The summed E-state index contributed by atoms with van der Waals surface area (Å²) in [5, 5.41) is 10.7. The van der Waals surface area contributed by atoms with Gasteiger partial charge in [0.2, 0.25) is 5.72 Å². The van der Waals surface area contributed by atoms with Gasteiger partial charge >= 0.3 is 0 Å². The molecule has 20 heavy (non-hydrogen) atoms. The maximum Gasteiger partial charge on any atom is 0.254 e. The largest absolute Gasteiger partial charge is 1.00 e. The van der Waals surface area contributed by atoms with E-state index >= 15 is 0 Å². The molecule has 5 heteroatoms. The van der Waals surface area contributed by atoms with Gasteiger partial charge in [0.1, 0.15) is 11.4 Å². The van der Waals surface area contributed by atoms with Crippen LogP contribution >= 0.6 is 0 Å². The molecule has 3 rings (SSSR count). The number of hydrogen-bond donors (Lipinski definition) is 1. The first-order valence-corrected chi connectivity index (χ1v) is 6.89. The number of hydrogen-bond acceptors (Lipinski definition) is 3. The number of aliphatic hydroxyl groups is 1. The summed E-state index contributed by atoms with van der Waals surface area (Å²) in [7, 11) is 1.67. The average Bonchev–Trinajstić information content (AvgIpc) is 2.68. The topological polar surface area (TPSA) is 35.7 Å². The second-order valence-corrected chi connectivity index (χ2v) is 5.55. The van der Waals surface area contributed by atoms with Crippen molar-refractivity contribution in [3.63, 3.8) is 0 Å². The van der Waals surface area contributed by atoms with Crippen LogP contribution < -0.4 is 26.6 Å². The highest BCUT2D eigenvalue weighted by Gasteiger charge is 2.49. The van der Waals surface area contributed by atoms with Crippen molar-refractivity contribution in [2.75, 3.05) is 25.1 Å². The van der Waals surface area contributed by atoms with Crippen LogP contribution in [-0.2, 0) is 0 Å². The van der Waals surface area contributed by atoms with Gasteiger partial charge in [0, 0.05) is 13.3 Å². The molecule has 0 radical (unpaired) electrons. The maximum absolute atomic E-state index is 10.7. The number of anilines is 1. The van der Waals surface area contributed by atoms with Crippen LogP contribution in [0.15, 0.2) is 24.3 Å². The Morgan fingerprint density at radius 2 is 1.95 bits per heavy atom. The van der Waals surface area contributed by atoms with E-state index in [2.05, 4.69) is 9.48 Å². The van der Waals surface area contributed by atoms with Gasteiger partial charge < -0.3 is 26.8 Å². The zero-order valence-electron chi connectivity index (χ0n) is 12.0. The van der Waals surface area contributed by atoms with E-state index in [9.17, 15) is 5.11 Å². The monoisotopic (exact) mass is 340 g/mol. The molecule has 1 aromatic rings. The summed E-state index contributed by atoms with van der Waals surface area (Å²) in [6.45, 7) is 3.63. The fourth-order valence-electron chi connectivity index (χ4n) is 3.17. The molecular weight excluding hydrogens is 320 g/mol. The van der Waals surface area contributed by atoms with Gasteiger partial charge in [0.05, 0.1) is 13.7 Å². The summed E-state index contributed by atoms with van der Waals surface area (Å²) in [6.07, 6.45) is 3.47. The zero-order chi connectivity index (χ0) is 13.5. The number of methoxy groups -OCH3 is 1. The van der Waals surface area contributed by atoms with Crippen molar-refractivity contribution in [2.45, 2.75) is 31.9 Å². The number of nitrogens with zero attached hydrogens (tertiary/aromatic N) is 2. The minimum absolute atomic E-state index is 0. The zero-order valence-corrected chi connectivity index (χ0v) is 13.6. The SMILES string of the molecule is COc1ccc(N2C3=[N+](CCCC3)CC2(C)O)cc1.[Br-].